The van der Waals surface area contributed by atoms with Crippen molar-refractivity contribution in [2.75, 3.05) is 31.2 Å². The number of nitrogens with one attached hydrogen (secondary N) is 1. The molecule has 1 saturated heterocycles. The molecule has 0 spiro atoms. The van der Waals surface area contributed by atoms with Gasteiger partial charge < -0.3 is 15.2 Å². The predicted molar refractivity (Wildman–Crippen MR) is 91.8 cm³/mol. The molecule has 0 radical (unpaired) electrons. The lowest BCUT2D eigenvalue weighted by molar-refractivity contribution is -0.126. The highest BCUT2D eigenvalue weighted by Gasteiger charge is 2.42. The maximum Gasteiger partial charge on any atom is 0.410 e. The zero-order valence-electron chi connectivity index (χ0n) is 14.6. The summed E-state index contributed by atoms with van der Waals surface area (Å²) in [5.41, 5.74) is 0. The van der Waals surface area contributed by atoms with Crippen LogP contribution in [0.15, 0.2) is 0 Å². The molecule has 0 bridgehead atoms. The van der Waals surface area contributed by atoms with E-state index in [9.17, 15) is 23.1 Å². The van der Waals surface area contributed by atoms with Gasteiger partial charge >= 0.3 is 6.09 Å². The summed E-state index contributed by atoms with van der Waals surface area (Å²) >= 11 is 0. The van der Waals surface area contributed by atoms with Crippen LogP contribution in [0.2, 0.25) is 0 Å². The van der Waals surface area contributed by atoms with Crippen LogP contribution in [0.4, 0.5) is 4.79 Å². The second-order valence-corrected chi connectivity index (χ2v) is 8.88. The monoisotopic (exact) mass is 376 g/mol. The molecule has 1 aliphatic carbocycles. The molecule has 2 fully saturated rings. The first kappa shape index (κ1) is 20.0. The van der Waals surface area contributed by atoms with Crippen molar-refractivity contribution in [3.05, 3.63) is 0 Å². The van der Waals surface area contributed by atoms with Crippen LogP contribution < -0.4 is 5.32 Å². The Kier molecular flexibility index (Phi) is 7.06. The van der Waals surface area contributed by atoms with Gasteiger partial charge in [0.05, 0.1) is 30.3 Å². The smallest absolute Gasteiger partial charge is 0.410 e. The number of aliphatic hydroxyl groups is 1. The Morgan fingerprint density at radius 1 is 1.20 bits per heavy atom. The van der Waals surface area contributed by atoms with E-state index >= 15 is 0 Å². The van der Waals surface area contributed by atoms with E-state index in [4.69, 9.17) is 4.74 Å². The van der Waals surface area contributed by atoms with E-state index in [1.165, 1.54) is 4.90 Å². The minimum Gasteiger partial charge on any atom is -0.450 e. The standard InChI is InChI=1S/C16H28N2O6S/c1-2-24-16(21)18(13-10-25(22,23)11-14(13)19)9-8-17-15(20)12-6-4-3-5-7-12/h12-14,19H,2-11H2,1H3,(H,17,20). The number of carbonyl (C=O) groups is 2. The van der Waals surface area contributed by atoms with Crippen LogP contribution in [0.1, 0.15) is 39.0 Å². The van der Waals surface area contributed by atoms with Crippen LogP contribution >= 0.6 is 0 Å². The summed E-state index contributed by atoms with van der Waals surface area (Å²) in [5, 5.41) is 12.8. The summed E-state index contributed by atoms with van der Waals surface area (Å²) in [6.45, 7) is 2.12. The summed E-state index contributed by atoms with van der Waals surface area (Å²) < 4.78 is 28.4. The Morgan fingerprint density at radius 3 is 2.44 bits per heavy atom. The molecule has 2 unspecified atom stereocenters. The van der Waals surface area contributed by atoms with Gasteiger partial charge in [-0.25, -0.2) is 13.2 Å². The number of hydrogen-bond donors (Lipinski definition) is 2. The maximum atomic E-state index is 12.2. The molecule has 144 valence electrons. The van der Waals surface area contributed by atoms with Crippen LogP contribution in [-0.2, 0) is 19.4 Å². The van der Waals surface area contributed by atoms with Gasteiger partial charge in [-0.2, -0.15) is 0 Å². The van der Waals surface area contributed by atoms with Gasteiger partial charge in [0.2, 0.25) is 5.91 Å². The molecule has 2 N–H and O–H groups in total. The van der Waals surface area contributed by atoms with Crippen molar-refractivity contribution in [3.8, 4) is 0 Å². The van der Waals surface area contributed by atoms with E-state index in [0.717, 1.165) is 32.1 Å². The molecule has 2 rings (SSSR count). The molecule has 2 amide bonds. The minimum absolute atomic E-state index is 0.0160. The number of aliphatic hydroxyl groups excluding tert-OH is 1. The summed E-state index contributed by atoms with van der Waals surface area (Å²) in [4.78, 5) is 25.5. The van der Waals surface area contributed by atoms with Gasteiger partial charge in [-0.15, -0.1) is 0 Å². The number of sulfone groups is 1. The number of nitrogens with zero attached hydrogens (tertiary/aromatic N) is 1. The second kappa shape index (κ2) is 8.84. The lowest BCUT2D eigenvalue weighted by Gasteiger charge is -2.29. The van der Waals surface area contributed by atoms with Gasteiger partial charge in [-0.3, -0.25) is 9.69 Å². The van der Waals surface area contributed by atoms with E-state index in [1.807, 2.05) is 0 Å². The summed E-state index contributed by atoms with van der Waals surface area (Å²) in [5.74, 6) is -0.656. The molecule has 0 aromatic rings. The summed E-state index contributed by atoms with van der Waals surface area (Å²) in [7, 11) is -3.38. The van der Waals surface area contributed by atoms with Crippen LogP contribution in [-0.4, -0.2) is 73.8 Å². The van der Waals surface area contributed by atoms with Gasteiger partial charge in [0, 0.05) is 19.0 Å². The molecule has 1 saturated carbocycles. The van der Waals surface area contributed by atoms with Crippen molar-refractivity contribution in [3.63, 3.8) is 0 Å². The quantitative estimate of drug-likeness (QED) is 0.689. The molecule has 25 heavy (non-hydrogen) atoms. The number of amides is 2. The number of ether oxygens (including phenoxy) is 1. The van der Waals surface area contributed by atoms with Crippen molar-refractivity contribution >= 4 is 21.8 Å². The van der Waals surface area contributed by atoms with Crippen molar-refractivity contribution in [1.82, 2.24) is 10.2 Å². The summed E-state index contributed by atoms with van der Waals surface area (Å²) in [6.07, 6.45) is 3.23. The third-order valence-corrected chi connectivity index (χ3v) is 6.52. The average molecular weight is 376 g/mol. The second-order valence-electron chi connectivity index (χ2n) is 6.73. The molecular formula is C16H28N2O6S. The fraction of sp³-hybridized carbons (Fsp3) is 0.875. The zero-order valence-corrected chi connectivity index (χ0v) is 15.5. The highest BCUT2D eigenvalue weighted by atomic mass is 32.2. The number of hydrogen-bond acceptors (Lipinski definition) is 6. The van der Waals surface area contributed by atoms with Crippen molar-refractivity contribution < 1.29 is 27.9 Å². The molecule has 8 nitrogen and oxygen atoms in total. The number of rotatable bonds is 6. The lowest BCUT2D eigenvalue weighted by atomic mass is 9.89. The third kappa shape index (κ3) is 5.57. The fourth-order valence-corrected chi connectivity index (χ4v) is 5.32. The number of carbonyl (C=O) groups excluding carboxylic acids is 2. The first-order valence-electron chi connectivity index (χ1n) is 8.93. The largest absolute Gasteiger partial charge is 0.450 e. The van der Waals surface area contributed by atoms with Crippen LogP contribution in [0.5, 0.6) is 0 Å². The first-order valence-corrected chi connectivity index (χ1v) is 10.8. The lowest BCUT2D eigenvalue weighted by Crippen LogP contribution is -2.50. The molecule has 0 aromatic heterocycles. The van der Waals surface area contributed by atoms with Crippen molar-refractivity contribution in [2.45, 2.75) is 51.2 Å². The van der Waals surface area contributed by atoms with Crippen LogP contribution in [0.25, 0.3) is 0 Å². The molecule has 2 aliphatic rings. The molecule has 0 aromatic carbocycles. The Hall–Kier alpha value is -1.35. The Morgan fingerprint density at radius 2 is 1.88 bits per heavy atom. The van der Waals surface area contributed by atoms with Crippen LogP contribution in [0, 0.1) is 5.92 Å². The van der Waals surface area contributed by atoms with Gasteiger partial charge in [0.15, 0.2) is 9.84 Å². The molecular weight excluding hydrogens is 348 g/mol. The molecule has 2 atom stereocenters. The van der Waals surface area contributed by atoms with E-state index in [0.29, 0.717) is 0 Å². The van der Waals surface area contributed by atoms with E-state index in [2.05, 4.69) is 5.32 Å². The van der Waals surface area contributed by atoms with Gasteiger partial charge in [-0.1, -0.05) is 19.3 Å². The topological polar surface area (TPSA) is 113 Å². The predicted octanol–water partition coefficient (Wildman–Crippen LogP) is 0.299. The van der Waals surface area contributed by atoms with Crippen LogP contribution in [0.3, 0.4) is 0 Å². The molecule has 1 heterocycles. The molecule has 1 aliphatic heterocycles. The minimum atomic E-state index is -3.38. The zero-order chi connectivity index (χ0) is 18.4. The highest BCUT2D eigenvalue weighted by molar-refractivity contribution is 7.91. The van der Waals surface area contributed by atoms with Gasteiger partial charge in [0.25, 0.3) is 0 Å². The maximum absolute atomic E-state index is 12.2. The van der Waals surface area contributed by atoms with Gasteiger partial charge in [0.1, 0.15) is 0 Å². The van der Waals surface area contributed by atoms with Crippen molar-refractivity contribution in [1.29, 1.82) is 0 Å². The SMILES string of the molecule is CCOC(=O)N(CCNC(=O)C1CCCCC1)C1CS(=O)(=O)CC1O. The highest BCUT2D eigenvalue weighted by Crippen LogP contribution is 2.23. The normalized spacial score (nSPS) is 26.2. The summed E-state index contributed by atoms with van der Waals surface area (Å²) in [6, 6.07) is -0.837. The third-order valence-electron chi connectivity index (χ3n) is 4.82. The van der Waals surface area contributed by atoms with E-state index in [1.54, 1.807) is 6.92 Å². The molecule has 9 heteroatoms. The van der Waals surface area contributed by atoms with E-state index in [-0.39, 0.29) is 43.0 Å². The average Bonchev–Trinajstić information content (AvgIpc) is 2.84. The van der Waals surface area contributed by atoms with Crippen molar-refractivity contribution in [2.24, 2.45) is 5.92 Å². The Labute approximate surface area is 148 Å². The fourth-order valence-electron chi connectivity index (χ4n) is 3.52. The Bertz CT molecular complexity index is 573. The van der Waals surface area contributed by atoms with E-state index < -0.39 is 28.1 Å². The Balaban J connectivity index is 1.92. The first-order chi connectivity index (χ1) is 11.8. The van der Waals surface area contributed by atoms with Gasteiger partial charge in [-0.05, 0) is 19.8 Å².